The zero-order valence-electron chi connectivity index (χ0n) is 9.70. The van der Waals surface area contributed by atoms with Gasteiger partial charge in [0.2, 0.25) is 0 Å². The van der Waals surface area contributed by atoms with E-state index in [1.165, 1.54) is 29.9 Å². The van der Waals surface area contributed by atoms with Crippen LogP contribution < -0.4 is 5.32 Å². The maximum absolute atomic E-state index is 4.14. The summed E-state index contributed by atoms with van der Waals surface area (Å²) in [6, 6.07) is 0. The van der Waals surface area contributed by atoms with E-state index in [-0.39, 0.29) is 0 Å². The minimum Gasteiger partial charge on any atom is -0.317 e. The number of thioether (sulfide) groups is 1. The Morgan fingerprint density at radius 1 is 1.40 bits per heavy atom. The number of unbranched alkanes of at least 4 members (excludes halogenated alkanes) is 1. The molecule has 3 nitrogen and oxygen atoms in total. The van der Waals surface area contributed by atoms with Crippen molar-refractivity contribution in [3.63, 3.8) is 0 Å². The number of nitrogens with zero attached hydrogens (tertiary/aromatic N) is 2. The first kappa shape index (κ1) is 12.6. The van der Waals surface area contributed by atoms with Gasteiger partial charge in [-0.25, -0.2) is 0 Å². The van der Waals surface area contributed by atoms with Gasteiger partial charge in [-0.1, -0.05) is 6.92 Å². The molecular weight excluding hydrogens is 206 g/mol. The lowest BCUT2D eigenvalue weighted by Crippen LogP contribution is -2.15. The molecule has 0 aliphatic carbocycles. The summed E-state index contributed by atoms with van der Waals surface area (Å²) in [5.41, 5.74) is 0. The van der Waals surface area contributed by atoms with Crippen LogP contribution in [0.15, 0.2) is 17.3 Å². The van der Waals surface area contributed by atoms with Crippen molar-refractivity contribution in [2.24, 2.45) is 7.05 Å². The van der Waals surface area contributed by atoms with Crippen molar-refractivity contribution < 1.29 is 0 Å². The van der Waals surface area contributed by atoms with Crippen LogP contribution in [0.1, 0.15) is 26.2 Å². The Labute approximate surface area is 96.6 Å². The molecule has 1 N–H and O–H groups in total. The number of aromatic nitrogens is 2. The average Bonchev–Trinajstić information content (AvgIpc) is 2.63. The van der Waals surface area contributed by atoms with E-state index in [0.717, 1.165) is 13.1 Å². The molecular formula is C11H21N3S. The van der Waals surface area contributed by atoms with Crippen molar-refractivity contribution in [3.05, 3.63) is 12.4 Å². The maximum atomic E-state index is 4.14. The molecule has 0 amide bonds. The Hall–Kier alpha value is -0.480. The van der Waals surface area contributed by atoms with Crippen LogP contribution >= 0.6 is 11.8 Å². The Morgan fingerprint density at radius 2 is 2.27 bits per heavy atom. The van der Waals surface area contributed by atoms with E-state index in [1.54, 1.807) is 0 Å². The highest BCUT2D eigenvalue weighted by molar-refractivity contribution is 7.99. The zero-order valence-corrected chi connectivity index (χ0v) is 10.5. The second-order valence-corrected chi connectivity index (χ2v) is 4.82. The normalized spacial score (nSPS) is 10.8. The molecule has 0 aromatic carbocycles. The summed E-state index contributed by atoms with van der Waals surface area (Å²) >= 11 is 1.89. The van der Waals surface area contributed by atoms with Gasteiger partial charge in [0.25, 0.3) is 0 Å². The first-order chi connectivity index (χ1) is 7.33. The third kappa shape index (κ3) is 5.85. The summed E-state index contributed by atoms with van der Waals surface area (Å²) in [4.78, 5) is 1.28. The first-order valence-electron chi connectivity index (χ1n) is 5.65. The molecule has 0 aliphatic rings. The molecule has 1 heterocycles. The molecule has 0 spiro atoms. The van der Waals surface area contributed by atoms with Crippen molar-refractivity contribution in [1.29, 1.82) is 0 Å². The quantitative estimate of drug-likeness (QED) is 0.546. The van der Waals surface area contributed by atoms with E-state index in [1.807, 2.05) is 29.7 Å². The van der Waals surface area contributed by atoms with Gasteiger partial charge >= 0.3 is 0 Å². The van der Waals surface area contributed by atoms with Crippen LogP contribution in [0.4, 0.5) is 0 Å². The van der Waals surface area contributed by atoms with Crippen LogP contribution in [0, 0.1) is 0 Å². The molecule has 1 aromatic rings. The van der Waals surface area contributed by atoms with E-state index in [9.17, 15) is 0 Å². The number of rotatable bonds is 8. The van der Waals surface area contributed by atoms with Gasteiger partial charge in [-0.05, 0) is 38.1 Å². The molecule has 1 aromatic heterocycles. The lowest BCUT2D eigenvalue weighted by molar-refractivity contribution is 0.635. The lowest BCUT2D eigenvalue weighted by Gasteiger charge is -2.01. The minimum absolute atomic E-state index is 1.15. The third-order valence-corrected chi connectivity index (χ3v) is 3.16. The molecule has 0 unspecified atom stereocenters. The van der Waals surface area contributed by atoms with Crippen LogP contribution in [0.2, 0.25) is 0 Å². The molecule has 0 radical (unpaired) electrons. The van der Waals surface area contributed by atoms with E-state index in [0.29, 0.717) is 0 Å². The van der Waals surface area contributed by atoms with Crippen molar-refractivity contribution in [1.82, 2.24) is 15.1 Å². The Balaban J connectivity index is 1.93. The van der Waals surface area contributed by atoms with Crippen molar-refractivity contribution >= 4 is 11.8 Å². The molecule has 0 saturated heterocycles. The van der Waals surface area contributed by atoms with Crippen LogP contribution in [-0.4, -0.2) is 28.6 Å². The van der Waals surface area contributed by atoms with Crippen LogP contribution in [0.3, 0.4) is 0 Å². The summed E-state index contributed by atoms with van der Waals surface area (Å²) in [6.07, 6.45) is 7.77. The predicted molar refractivity (Wildman–Crippen MR) is 66.3 cm³/mol. The molecule has 86 valence electrons. The smallest absolute Gasteiger partial charge is 0.0625 e. The average molecular weight is 227 g/mol. The summed E-state index contributed by atoms with van der Waals surface area (Å²) in [6.45, 7) is 4.50. The first-order valence-corrected chi connectivity index (χ1v) is 6.63. The highest BCUT2D eigenvalue weighted by Gasteiger charge is 1.96. The molecule has 0 fully saturated rings. The Kier molecular flexibility index (Phi) is 6.52. The summed E-state index contributed by atoms with van der Waals surface area (Å²) < 4.78 is 1.85. The van der Waals surface area contributed by atoms with E-state index >= 15 is 0 Å². The molecule has 0 saturated carbocycles. The van der Waals surface area contributed by atoms with E-state index in [4.69, 9.17) is 0 Å². The minimum atomic E-state index is 1.15. The molecule has 1 rings (SSSR count). The Morgan fingerprint density at radius 3 is 2.93 bits per heavy atom. The number of hydrogen-bond acceptors (Lipinski definition) is 3. The standard InChI is InChI=1S/C11H21N3S/c1-3-6-12-7-4-5-8-15-11-9-13-14(2)10-11/h9-10,12H,3-8H2,1-2H3. The Bertz CT molecular complexity index is 260. The van der Waals surface area contributed by atoms with Crippen LogP contribution in [0.5, 0.6) is 0 Å². The highest BCUT2D eigenvalue weighted by Crippen LogP contribution is 2.17. The third-order valence-electron chi connectivity index (χ3n) is 2.12. The predicted octanol–water partition coefficient (Wildman–Crippen LogP) is 2.29. The van der Waals surface area contributed by atoms with Gasteiger partial charge < -0.3 is 5.32 Å². The SMILES string of the molecule is CCCNCCCCSc1cnn(C)c1. The van der Waals surface area contributed by atoms with Gasteiger partial charge in [0, 0.05) is 18.1 Å². The molecule has 15 heavy (non-hydrogen) atoms. The topological polar surface area (TPSA) is 29.9 Å². The van der Waals surface area contributed by atoms with E-state index in [2.05, 4.69) is 23.5 Å². The molecule has 4 heteroatoms. The van der Waals surface area contributed by atoms with Crippen LogP contribution in [0.25, 0.3) is 0 Å². The van der Waals surface area contributed by atoms with Gasteiger partial charge in [0.1, 0.15) is 0 Å². The number of hydrogen-bond donors (Lipinski definition) is 1. The second kappa shape index (κ2) is 7.77. The monoisotopic (exact) mass is 227 g/mol. The zero-order chi connectivity index (χ0) is 10.9. The van der Waals surface area contributed by atoms with Gasteiger partial charge in [-0.2, -0.15) is 5.10 Å². The fourth-order valence-electron chi connectivity index (χ4n) is 1.32. The van der Waals surface area contributed by atoms with Crippen molar-refractivity contribution in [2.75, 3.05) is 18.8 Å². The number of nitrogens with one attached hydrogen (secondary N) is 1. The summed E-state index contributed by atoms with van der Waals surface area (Å²) in [7, 11) is 1.96. The van der Waals surface area contributed by atoms with E-state index < -0.39 is 0 Å². The van der Waals surface area contributed by atoms with Crippen LogP contribution in [-0.2, 0) is 7.05 Å². The fraction of sp³-hybridized carbons (Fsp3) is 0.727. The molecule has 0 bridgehead atoms. The lowest BCUT2D eigenvalue weighted by atomic mass is 10.3. The molecule has 0 atom stereocenters. The number of aryl methyl sites for hydroxylation is 1. The fourth-order valence-corrected chi connectivity index (χ4v) is 2.25. The van der Waals surface area contributed by atoms with Gasteiger partial charge in [0.15, 0.2) is 0 Å². The maximum Gasteiger partial charge on any atom is 0.0625 e. The van der Waals surface area contributed by atoms with Crippen molar-refractivity contribution in [2.45, 2.75) is 31.1 Å². The van der Waals surface area contributed by atoms with Gasteiger partial charge in [-0.3, -0.25) is 4.68 Å². The largest absolute Gasteiger partial charge is 0.317 e. The van der Waals surface area contributed by atoms with Gasteiger partial charge in [0.05, 0.1) is 6.20 Å². The summed E-state index contributed by atoms with van der Waals surface area (Å²) in [5.74, 6) is 1.19. The second-order valence-electron chi connectivity index (χ2n) is 3.66. The highest BCUT2D eigenvalue weighted by atomic mass is 32.2. The molecule has 0 aliphatic heterocycles. The summed E-state index contributed by atoms with van der Waals surface area (Å²) in [5, 5.41) is 7.55. The van der Waals surface area contributed by atoms with Crippen molar-refractivity contribution in [3.8, 4) is 0 Å². The van der Waals surface area contributed by atoms with Gasteiger partial charge in [-0.15, -0.1) is 11.8 Å².